The standard InChI is InChI=1S/C37H54N4O2/c1-23(2)27-13-11-14-28(24(3)4)33(27)40-19-17-38-21-31-32(43-37(9,10)42-31)22-39-18-20-41(36(39)35(38)40)34-29(25(5)6)15-12-16-30(34)26(7)8/h11-16,23-26,31-32H,17-22H2,1-10H3/b36-35-/t31-,32-/m0/s1. The molecule has 6 nitrogen and oxygen atoms in total. The molecule has 0 radical (unpaired) electrons. The van der Waals surface area contributed by atoms with Gasteiger partial charge >= 0.3 is 0 Å². The van der Waals surface area contributed by atoms with Crippen LogP contribution in [-0.2, 0) is 9.47 Å². The summed E-state index contributed by atoms with van der Waals surface area (Å²) in [5, 5.41) is 0. The molecule has 0 aromatic heterocycles. The highest BCUT2D eigenvalue weighted by Gasteiger charge is 2.49. The molecule has 6 rings (SSSR count). The zero-order valence-corrected chi connectivity index (χ0v) is 28.3. The maximum atomic E-state index is 6.58. The minimum Gasteiger partial charge on any atom is -0.350 e. The fraction of sp³-hybridized carbons (Fsp3) is 0.622. The predicted molar refractivity (Wildman–Crippen MR) is 178 cm³/mol. The Morgan fingerprint density at radius 3 is 1.19 bits per heavy atom. The van der Waals surface area contributed by atoms with Crippen molar-refractivity contribution in [2.75, 3.05) is 49.1 Å². The van der Waals surface area contributed by atoms with Crippen LogP contribution in [0.25, 0.3) is 0 Å². The van der Waals surface area contributed by atoms with Crippen LogP contribution < -0.4 is 9.80 Å². The molecule has 4 aliphatic rings. The van der Waals surface area contributed by atoms with Gasteiger partial charge in [-0.25, -0.2) is 0 Å². The van der Waals surface area contributed by atoms with Gasteiger partial charge in [-0.3, -0.25) is 0 Å². The summed E-state index contributed by atoms with van der Waals surface area (Å²) in [7, 11) is 0. The van der Waals surface area contributed by atoms with E-state index in [1.807, 2.05) is 0 Å². The average molecular weight is 587 g/mol. The zero-order valence-electron chi connectivity index (χ0n) is 28.3. The van der Waals surface area contributed by atoms with Gasteiger partial charge in [0.05, 0.1) is 0 Å². The monoisotopic (exact) mass is 586 g/mol. The van der Waals surface area contributed by atoms with Crippen LogP contribution in [0.5, 0.6) is 0 Å². The highest BCUT2D eigenvalue weighted by molar-refractivity contribution is 5.70. The molecule has 3 fully saturated rings. The Morgan fingerprint density at radius 2 is 0.884 bits per heavy atom. The van der Waals surface area contributed by atoms with Crippen LogP contribution in [0, 0.1) is 0 Å². The lowest BCUT2D eigenvalue weighted by molar-refractivity contribution is -0.147. The molecule has 2 aromatic rings. The van der Waals surface area contributed by atoms with E-state index in [1.165, 1.54) is 45.3 Å². The number of benzene rings is 2. The topological polar surface area (TPSA) is 31.4 Å². The van der Waals surface area contributed by atoms with Gasteiger partial charge in [0.1, 0.15) is 12.2 Å². The molecule has 0 spiro atoms. The number of hydrogen-bond acceptors (Lipinski definition) is 6. The lowest BCUT2D eigenvalue weighted by Crippen LogP contribution is -2.47. The average Bonchev–Trinajstić information content (AvgIpc) is 3.60. The van der Waals surface area contributed by atoms with Crippen LogP contribution in [0.1, 0.15) is 115 Å². The van der Waals surface area contributed by atoms with E-state index in [9.17, 15) is 0 Å². The third-order valence-electron chi connectivity index (χ3n) is 9.81. The molecule has 4 aliphatic heterocycles. The molecule has 234 valence electrons. The fourth-order valence-corrected chi connectivity index (χ4v) is 7.82. The summed E-state index contributed by atoms with van der Waals surface area (Å²) in [5.74, 6) is 3.85. The Morgan fingerprint density at radius 1 is 0.558 bits per heavy atom. The number of anilines is 2. The Kier molecular flexibility index (Phi) is 8.00. The van der Waals surface area contributed by atoms with Gasteiger partial charge in [-0.15, -0.1) is 0 Å². The van der Waals surface area contributed by atoms with Gasteiger partial charge in [0.2, 0.25) is 0 Å². The first-order chi connectivity index (χ1) is 20.4. The van der Waals surface area contributed by atoms with Crippen molar-refractivity contribution < 1.29 is 9.47 Å². The van der Waals surface area contributed by atoms with E-state index >= 15 is 0 Å². The molecule has 6 heteroatoms. The molecular weight excluding hydrogens is 532 g/mol. The number of ether oxygens (including phenoxy) is 2. The highest BCUT2D eigenvalue weighted by Crippen LogP contribution is 2.46. The molecule has 0 amide bonds. The van der Waals surface area contributed by atoms with Crippen LogP contribution >= 0.6 is 0 Å². The SMILES string of the molecule is CC(C)c1cccc(C(C)C)c1N1CCN2C[C@@H]3OC(C)(C)O[C@H]3CN3CCN(c4c(C(C)C)cccc4C(C)C)/C3=C/21. The molecule has 4 heterocycles. The lowest BCUT2D eigenvalue weighted by Gasteiger charge is -2.40. The summed E-state index contributed by atoms with van der Waals surface area (Å²) in [6, 6.07) is 13.9. The summed E-state index contributed by atoms with van der Waals surface area (Å²) in [4.78, 5) is 10.6. The van der Waals surface area contributed by atoms with Crippen molar-refractivity contribution in [1.82, 2.24) is 9.80 Å². The molecule has 2 atom stereocenters. The smallest absolute Gasteiger partial charge is 0.163 e. The molecule has 0 bridgehead atoms. The molecule has 0 aliphatic carbocycles. The van der Waals surface area contributed by atoms with Crippen molar-refractivity contribution in [2.24, 2.45) is 0 Å². The second-order valence-electron chi connectivity index (χ2n) is 14.7. The van der Waals surface area contributed by atoms with Crippen molar-refractivity contribution in [1.29, 1.82) is 0 Å². The van der Waals surface area contributed by atoms with E-state index in [0.717, 1.165) is 39.3 Å². The lowest BCUT2D eigenvalue weighted by atomic mass is 9.91. The summed E-state index contributed by atoms with van der Waals surface area (Å²) in [6.07, 6.45) is 0.0827. The van der Waals surface area contributed by atoms with Crippen LogP contribution in [0.15, 0.2) is 48.0 Å². The first-order valence-corrected chi connectivity index (χ1v) is 16.8. The highest BCUT2D eigenvalue weighted by atomic mass is 16.8. The van der Waals surface area contributed by atoms with E-state index in [4.69, 9.17) is 9.47 Å². The van der Waals surface area contributed by atoms with Gasteiger partial charge < -0.3 is 29.1 Å². The Balaban J connectivity index is 1.60. The third kappa shape index (κ3) is 5.33. The van der Waals surface area contributed by atoms with Crippen LogP contribution in [0.4, 0.5) is 11.4 Å². The van der Waals surface area contributed by atoms with Gasteiger partial charge in [0, 0.05) is 50.6 Å². The van der Waals surface area contributed by atoms with Gasteiger partial charge in [-0.1, -0.05) is 91.8 Å². The summed E-state index contributed by atoms with van der Waals surface area (Å²) in [6.45, 7) is 28.4. The Bertz CT molecular complexity index is 1220. The van der Waals surface area contributed by atoms with Crippen molar-refractivity contribution in [3.8, 4) is 0 Å². The predicted octanol–water partition coefficient (Wildman–Crippen LogP) is 7.78. The van der Waals surface area contributed by atoms with Crippen molar-refractivity contribution in [2.45, 2.75) is 111 Å². The van der Waals surface area contributed by atoms with Crippen LogP contribution in [-0.4, -0.2) is 67.1 Å². The van der Waals surface area contributed by atoms with Gasteiger partial charge in [0.15, 0.2) is 17.4 Å². The van der Waals surface area contributed by atoms with E-state index in [1.54, 1.807) is 0 Å². The summed E-state index contributed by atoms with van der Waals surface area (Å²) in [5.41, 5.74) is 8.56. The second kappa shape index (κ2) is 11.3. The first kappa shape index (κ1) is 30.3. The van der Waals surface area contributed by atoms with E-state index < -0.39 is 5.79 Å². The number of rotatable bonds is 6. The van der Waals surface area contributed by atoms with Crippen molar-refractivity contribution in [3.63, 3.8) is 0 Å². The molecule has 3 saturated heterocycles. The minimum absolute atomic E-state index is 0.0413. The zero-order chi connectivity index (χ0) is 30.8. The summed E-state index contributed by atoms with van der Waals surface area (Å²) >= 11 is 0. The molecular formula is C37H54N4O2. The Labute approximate surface area is 260 Å². The van der Waals surface area contributed by atoms with E-state index in [-0.39, 0.29) is 12.2 Å². The van der Waals surface area contributed by atoms with Crippen LogP contribution in [0.2, 0.25) is 0 Å². The van der Waals surface area contributed by atoms with E-state index in [0.29, 0.717) is 23.7 Å². The Hall–Kier alpha value is -2.70. The molecule has 0 N–H and O–H groups in total. The number of para-hydroxylation sites is 2. The van der Waals surface area contributed by atoms with Crippen molar-refractivity contribution >= 4 is 11.4 Å². The second-order valence-corrected chi connectivity index (χ2v) is 14.7. The fourth-order valence-electron chi connectivity index (χ4n) is 7.82. The van der Waals surface area contributed by atoms with Gasteiger partial charge in [-0.05, 0) is 59.8 Å². The maximum absolute atomic E-state index is 6.58. The van der Waals surface area contributed by atoms with E-state index in [2.05, 4.69) is 125 Å². The normalized spacial score (nSPS) is 25.3. The largest absolute Gasteiger partial charge is 0.350 e. The van der Waals surface area contributed by atoms with Crippen molar-refractivity contribution in [3.05, 3.63) is 70.3 Å². The van der Waals surface area contributed by atoms with Crippen LogP contribution in [0.3, 0.4) is 0 Å². The quantitative estimate of drug-likeness (QED) is 0.344. The summed E-state index contributed by atoms with van der Waals surface area (Å²) < 4.78 is 13.2. The van der Waals surface area contributed by atoms with Gasteiger partial charge in [0.25, 0.3) is 0 Å². The van der Waals surface area contributed by atoms with Gasteiger partial charge in [-0.2, -0.15) is 0 Å². The third-order valence-corrected chi connectivity index (χ3v) is 9.81. The number of hydrogen-bond donors (Lipinski definition) is 0. The number of nitrogens with zero attached hydrogens (tertiary/aromatic N) is 4. The molecule has 0 unspecified atom stereocenters. The minimum atomic E-state index is -0.567. The first-order valence-electron chi connectivity index (χ1n) is 16.8. The molecule has 0 saturated carbocycles. The molecule has 43 heavy (non-hydrogen) atoms. The maximum Gasteiger partial charge on any atom is 0.163 e. The molecule has 2 aromatic carbocycles. The number of fused-ring (bicyclic) bond motifs is 3.